The largest absolute Gasteiger partial charge is 0.330 e. The first-order chi connectivity index (χ1) is 9.70. The lowest BCUT2D eigenvalue weighted by Gasteiger charge is -2.16. The molecule has 2 aliphatic rings. The van der Waals surface area contributed by atoms with Crippen molar-refractivity contribution in [1.82, 2.24) is 4.90 Å². The Morgan fingerprint density at radius 2 is 1.55 bits per heavy atom. The fraction of sp³-hybridized carbons (Fsp3) is 0.500. The van der Waals surface area contributed by atoms with Crippen LogP contribution in [0.5, 0.6) is 0 Å². The van der Waals surface area contributed by atoms with Crippen molar-refractivity contribution in [2.75, 3.05) is 6.54 Å². The molecule has 1 aliphatic heterocycles. The van der Waals surface area contributed by atoms with Crippen LogP contribution in [0.4, 0.5) is 0 Å². The van der Waals surface area contributed by atoms with Crippen LogP contribution in [0.2, 0.25) is 0 Å². The van der Waals surface area contributed by atoms with Gasteiger partial charge >= 0.3 is 0 Å². The summed E-state index contributed by atoms with van der Waals surface area (Å²) in [5.41, 5.74) is 7.72. The number of amides is 2. The molecule has 1 aromatic carbocycles. The van der Waals surface area contributed by atoms with Crippen LogP contribution in [-0.4, -0.2) is 23.3 Å². The molecule has 2 atom stereocenters. The van der Waals surface area contributed by atoms with Crippen LogP contribution in [0.25, 0.3) is 0 Å². The molecule has 0 radical (unpaired) electrons. The Morgan fingerprint density at radius 3 is 2.10 bits per heavy atom. The molecule has 1 saturated carbocycles. The summed E-state index contributed by atoms with van der Waals surface area (Å²) in [5.74, 6) is -0.0231. The monoisotopic (exact) mass is 272 g/mol. The van der Waals surface area contributed by atoms with Crippen LogP contribution in [0.15, 0.2) is 24.3 Å². The number of carbonyl (C=O) groups is 2. The highest BCUT2D eigenvalue weighted by Crippen LogP contribution is 2.40. The molecular weight excluding hydrogens is 252 g/mol. The first-order valence-corrected chi connectivity index (χ1v) is 7.34. The van der Waals surface area contributed by atoms with E-state index in [1.807, 2.05) is 24.3 Å². The molecule has 0 bridgehead atoms. The van der Waals surface area contributed by atoms with Crippen molar-refractivity contribution in [2.24, 2.45) is 17.6 Å². The van der Waals surface area contributed by atoms with E-state index in [2.05, 4.69) is 0 Å². The second-order valence-corrected chi connectivity index (χ2v) is 5.76. The summed E-state index contributed by atoms with van der Waals surface area (Å²) in [4.78, 5) is 26.0. The molecule has 2 amide bonds. The summed E-state index contributed by atoms with van der Waals surface area (Å²) in [6.45, 7) is 1.04. The molecule has 3 rings (SSSR count). The van der Waals surface area contributed by atoms with E-state index >= 15 is 0 Å². The Labute approximate surface area is 118 Å². The third kappa shape index (κ3) is 2.24. The van der Waals surface area contributed by atoms with Crippen LogP contribution in [0.3, 0.4) is 0 Å². The van der Waals surface area contributed by atoms with E-state index in [4.69, 9.17) is 5.73 Å². The highest BCUT2D eigenvalue weighted by molar-refractivity contribution is 6.05. The number of fused-ring (bicyclic) bond motifs is 1. The van der Waals surface area contributed by atoms with Crippen molar-refractivity contribution in [2.45, 2.75) is 32.2 Å². The summed E-state index contributed by atoms with van der Waals surface area (Å²) < 4.78 is 0. The molecule has 2 fully saturated rings. The maximum atomic E-state index is 12.3. The van der Waals surface area contributed by atoms with E-state index in [9.17, 15) is 9.59 Å². The van der Waals surface area contributed by atoms with Gasteiger partial charge in [-0.1, -0.05) is 30.7 Å². The lowest BCUT2D eigenvalue weighted by Crippen LogP contribution is -2.31. The van der Waals surface area contributed by atoms with Crippen LogP contribution in [0.1, 0.15) is 30.4 Å². The first-order valence-electron chi connectivity index (χ1n) is 7.34. The molecule has 1 saturated heterocycles. The second-order valence-electron chi connectivity index (χ2n) is 5.76. The van der Waals surface area contributed by atoms with Gasteiger partial charge in [0, 0.05) is 0 Å². The third-order valence-corrected chi connectivity index (χ3v) is 4.48. The van der Waals surface area contributed by atoms with Gasteiger partial charge in [0.15, 0.2) is 0 Å². The Bertz CT molecular complexity index is 502. The molecule has 2 unspecified atom stereocenters. The molecule has 2 N–H and O–H groups in total. The Hall–Kier alpha value is -1.68. The van der Waals surface area contributed by atoms with Crippen molar-refractivity contribution >= 4 is 11.8 Å². The van der Waals surface area contributed by atoms with Crippen LogP contribution >= 0.6 is 0 Å². The fourth-order valence-corrected chi connectivity index (χ4v) is 3.38. The van der Waals surface area contributed by atoms with Crippen molar-refractivity contribution < 1.29 is 9.59 Å². The highest BCUT2D eigenvalue weighted by atomic mass is 16.2. The Morgan fingerprint density at radius 1 is 1.00 bits per heavy atom. The van der Waals surface area contributed by atoms with E-state index < -0.39 is 0 Å². The van der Waals surface area contributed by atoms with Gasteiger partial charge in [-0.05, 0) is 36.9 Å². The standard InChI is InChI=1S/C16H20N2O2/c17-9-8-11-4-6-12(7-5-11)10-18-15(19)13-2-1-3-14(13)16(18)20/h4-7,13-14H,1-3,8-10,17H2. The number of nitrogens with zero attached hydrogens (tertiary/aromatic N) is 1. The quantitative estimate of drug-likeness (QED) is 0.844. The molecule has 1 aliphatic carbocycles. The zero-order valence-corrected chi connectivity index (χ0v) is 11.5. The molecule has 4 nitrogen and oxygen atoms in total. The number of rotatable bonds is 4. The summed E-state index contributed by atoms with van der Waals surface area (Å²) in [7, 11) is 0. The maximum absolute atomic E-state index is 12.3. The molecule has 0 spiro atoms. The van der Waals surface area contributed by atoms with Crippen LogP contribution < -0.4 is 5.73 Å². The summed E-state index contributed by atoms with van der Waals surface area (Å²) in [6.07, 6.45) is 3.61. The summed E-state index contributed by atoms with van der Waals surface area (Å²) in [5, 5.41) is 0. The average molecular weight is 272 g/mol. The molecular formula is C16H20N2O2. The number of likely N-dealkylation sites (tertiary alicyclic amines) is 1. The minimum absolute atomic E-state index is 0.0311. The number of imide groups is 1. The third-order valence-electron chi connectivity index (χ3n) is 4.48. The minimum atomic E-state index is -0.0426. The number of nitrogens with two attached hydrogens (primary N) is 1. The topological polar surface area (TPSA) is 63.4 Å². The van der Waals surface area contributed by atoms with E-state index in [0.717, 1.165) is 31.2 Å². The van der Waals surface area contributed by atoms with Crippen molar-refractivity contribution in [1.29, 1.82) is 0 Å². The van der Waals surface area contributed by atoms with Gasteiger partial charge < -0.3 is 5.73 Å². The van der Waals surface area contributed by atoms with Gasteiger partial charge in [0.05, 0.1) is 18.4 Å². The van der Waals surface area contributed by atoms with Crippen molar-refractivity contribution in [3.8, 4) is 0 Å². The smallest absolute Gasteiger partial charge is 0.233 e. The highest BCUT2D eigenvalue weighted by Gasteiger charge is 2.49. The van der Waals surface area contributed by atoms with Crippen molar-refractivity contribution in [3.63, 3.8) is 0 Å². The van der Waals surface area contributed by atoms with Gasteiger partial charge in [-0.3, -0.25) is 14.5 Å². The van der Waals surface area contributed by atoms with Gasteiger partial charge in [-0.15, -0.1) is 0 Å². The van der Waals surface area contributed by atoms with E-state index in [0.29, 0.717) is 13.1 Å². The summed E-state index contributed by atoms with van der Waals surface area (Å²) in [6, 6.07) is 8.02. The van der Waals surface area contributed by atoms with Gasteiger partial charge in [0.2, 0.25) is 11.8 Å². The van der Waals surface area contributed by atoms with Crippen LogP contribution in [-0.2, 0) is 22.6 Å². The predicted octanol–water partition coefficient (Wildman–Crippen LogP) is 1.47. The predicted molar refractivity (Wildman–Crippen MR) is 75.6 cm³/mol. The number of benzene rings is 1. The van der Waals surface area contributed by atoms with Gasteiger partial charge in [-0.2, -0.15) is 0 Å². The molecule has 1 aromatic rings. The Balaban J connectivity index is 1.71. The average Bonchev–Trinajstić information content (AvgIpc) is 3.01. The van der Waals surface area contributed by atoms with E-state index in [1.165, 1.54) is 10.5 Å². The Kier molecular flexibility index (Phi) is 3.57. The number of carbonyl (C=O) groups excluding carboxylic acids is 2. The second kappa shape index (κ2) is 5.37. The fourth-order valence-electron chi connectivity index (χ4n) is 3.38. The van der Waals surface area contributed by atoms with E-state index in [1.54, 1.807) is 0 Å². The number of hydrogen-bond donors (Lipinski definition) is 1. The SMILES string of the molecule is NCCc1ccc(CN2C(=O)C3CCCC3C2=O)cc1. The maximum Gasteiger partial charge on any atom is 0.233 e. The molecule has 1 heterocycles. The zero-order chi connectivity index (χ0) is 14.1. The molecule has 106 valence electrons. The molecule has 4 heteroatoms. The van der Waals surface area contributed by atoms with Crippen LogP contribution in [0, 0.1) is 11.8 Å². The molecule has 20 heavy (non-hydrogen) atoms. The first kappa shape index (κ1) is 13.3. The number of hydrogen-bond acceptors (Lipinski definition) is 3. The zero-order valence-electron chi connectivity index (χ0n) is 11.5. The molecule has 0 aromatic heterocycles. The van der Waals surface area contributed by atoms with Gasteiger partial charge in [0.25, 0.3) is 0 Å². The lowest BCUT2D eigenvalue weighted by molar-refractivity contribution is -0.141. The summed E-state index contributed by atoms with van der Waals surface area (Å²) >= 11 is 0. The lowest BCUT2D eigenvalue weighted by atomic mass is 10.00. The van der Waals surface area contributed by atoms with E-state index in [-0.39, 0.29) is 23.7 Å². The van der Waals surface area contributed by atoms with Crippen molar-refractivity contribution in [3.05, 3.63) is 35.4 Å². The normalized spacial score (nSPS) is 25.4. The minimum Gasteiger partial charge on any atom is -0.330 e. The van der Waals surface area contributed by atoms with Gasteiger partial charge in [-0.25, -0.2) is 0 Å². The van der Waals surface area contributed by atoms with Gasteiger partial charge in [0.1, 0.15) is 0 Å².